The first-order valence-electron chi connectivity index (χ1n) is 4.89. The highest BCUT2D eigenvalue weighted by molar-refractivity contribution is 8.13. The fraction of sp³-hybridized carbons (Fsp3) is 0.400. The van der Waals surface area contributed by atoms with E-state index in [1.165, 1.54) is 18.2 Å². The molecule has 3 nitrogen and oxygen atoms in total. The van der Waals surface area contributed by atoms with Crippen molar-refractivity contribution in [2.75, 3.05) is 12.4 Å². The molecule has 0 bridgehead atoms. The molecule has 0 N–H and O–H groups in total. The van der Waals surface area contributed by atoms with E-state index in [2.05, 4.69) is 0 Å². The van der Waals surface area contributed by atoms with Gasteiger partial charge in [0.15, 0.2) is 11.6 Å². The highest BCUT2D eigenvalue weighted by Crippen LogP contribution is 2.27. The molecule has 0 spiro atoms. The van der Waals surface area contributed by atoms with E-state index in [0.717, 1.165) is 0 Å². The minimum atomic E-state index is -3.47. The summed E-state index contributed by atoms with van der Waals surface area (Å²) in [5, 5.41) is 0.190. The first-order chi connectivity index (χ1) is 7.90. The van der Waals surface area contributed by atoms with Crippen molar-refractivity contribution in [1.29, 1.82) is 0 Å². The monoisotopic (exact) mass is 300 g/mol. The van der Waals surface area contributed by atoms with E-state index in [0.29, 0.717) is 12.8 Å². The average molecular weight is 301 g/mol. The topological polar surface area (TPSA) is 43.4 Å². The lowest BCUT2D eigenvalue weighted by atomic mass is 10.3. The van der Waals surface area contributed by atoms with Crippen LogP contribution in [0.2, 0.25) is 5.02 Å². The fourth-order valence-corrected chi connectivity index (χ4v) is 2.27. The fourth-order valence-electron chi connectivity index (χ4n) is 1.17. The second-order valence-electron chi connectivity index (χ2n) is 3.35. The standard InChI is InChI=1S/C10H11Cl2FO3S/c11-8-4-3-5-9(13)10(8)16-6-1-2-7-17(12,14)15/h3-5H,1-2,6-7H2. The summed E-state index contributed by atoms with van der Waals surface area (Å²) in [4.78, 5) is 0. The van der Waals surface area contributed by atoms with Crippen molar-refractivity contribution in [3.05, 3.63) is 29.0 Å². The van der Waals surface area contributed by atoms with Crippen molar-refractivity contribution in [3.63, 3.8) is 0 Å². The van der Waals surface area contributed by atoms with Gasteiger partial charge >= 0.3 is 0 Å². The number of hydrogen-bond acceptors (Lipinski definition) is 3. The van der Waals surface area contributed by atoms with E-state index in [4.69, 9.17) is 27.0 Å². The van der Waals surface area contributed by atoms with Gasteiger partial charge in [0.2, 0.25) is 9.05 Å². The number of halogens is 3. The second kappa shape index (κ2) is 6.42. The Hall–Kier alpha value is -0.520. The van der Waals surface area contributed by atoms with Gasteiger partial charge in [-0.2, -0.15) is 0 Å². The van der Waals surface area contributed by atoms with Gasteiger partial charge in [-0.15, -0.1) is 0 Å². The average Bonchev–Trinajstić information content (AvgIpc) is 2.20. The van der Waals surface area contributed by atoms with Gasteiger partial charge in [0.25, 0.3) is 0 Å². The molecule has 17 heavy (non-hydrogen) atoms. The minimum Gasteiger partial charge on any atom is -0.489 e. The molecular weight excluding hydrogens is 290 g/mol. The summed E-state index contributed by atoms with van der Waals surface area (Å²) in [5.74, 6) is -0.673. The molecule has 0 aliphatic heterocycles. The Morgan fingerprint density at radius 3 is 2.59 bits per heavy atom. The van der Waals surface area contributed by atoms with Gasteiger partial charge in [0.05, 0.1) is 17.4 Å². The van der Waals surface area contributed by atoms with Crippen LogP contribution in [-0.2, 0) is 9.05 Å². The molecule has 0 unspecified atom stereocenters. The summed E-state index contributed by atoms with van der Waals surface area (Å²) in [6, 6.07) is 4.23. The van der Waals surface area contributed by atoms with Crippen LogP contribution in [0.15, 0.2) is 18.2 Å². The lowest BCUT2D eigenvalue weighted by Gasteiger charge is -2.08. The second-order valence-corrected chi connectivity index (χ2v) is 6.65. The largest absolute Gasteiger partial charge is 0.489 e. The minimum absolute atomic E-state index is 0.0112. The van der Waals surface area contributed by atoms with Crippen molar-refractivity contribution >= 4 is 31.3 Å². The molecule has 0 aliphatic carbocycles. The van der Waals surface area contributed by atoms with Crippen molar-refractivity contribution in [3.8, 4) is 5.75 Å². The third-order valence-electron chi connectivity index (χ3n) is 1.95. The van der Waals surface area contributed by atoms with E-state index in [9.17, 15) is 12.8 Å². The maximum atomic E-state index is 13.2. The molecule has 0 heterocycles. The lowest BCUT2D eigenvalue weighted by molar-refractivity contribution is 0.294. The van der Waals surface area contributed by atoms with Gasteiger partial charge in [0.1, 0.15) is 0 Å². The summed E-state index contributed by atoms with van der Waals surface area (Å²) < 4.78 is 39.6. The first kappa shape index (κ1) is 14.5. The summed E-state index contributed by atoms with van der Waals surface area (Å²) in [6.45, 7) is 0.188. The molecular formula is C10H11Cl2FO3S. The molecule has 96 valence electrons. The first-order valence-corrected chi connectivity index (χ1v) is 7.75. The summed E-state index contributed by atoms with van der Waals surface area (Å²) in [5.41, 5.74) is 0. The van der Waals surface area contributed by atoms with Crippen LogP contribution in [0.1, 0.15) is 12.8 Å². The van der Waals surface area contributed by atoms with Crippen LogP contribution in [0.4, 0.5) is 4.39 Å². The van der Waals surface area contributed by atoms with Gasteiger partial charge in [-0.05, 0) is 25.0 Å². The number of rotatable bonds is 6. The Balaban J connectivity index is 2.37. The lowest BCUT2D eigenvalue weighted by Crippen LogP contribution is -2.03. The third kappa shape index (κ3) is 5.57. The van der Waals surface area contributed by atoms with Crippen LogP contribution in [-0.4, -0.2) is 20.8 Å². The molecule has 0 fully saturated rings. The molecule has 0 aliphatic rings. The highest BCUT2D eigenvalue weighted by Gasteiger charge is 2.08. The smallest absolute Gasteiger partial charge is 0.232 e. The van der Waals surface area contributed by atoms with Crippen molar-refractivity contribution < 1.29 is 17.5 Å². The number of unbranched alkanes of at least 4 members (excludes halogenated alkanes) is 1. The zero-order valence-corrected chi connectivity index (χ0v) is 11.2. The SMILES string of the molecule is O=S(=O)(Cl)CCCCOc1c(F)cccc1Cl. The van der Waals surface area contributed by atoms with Gasteiger partial charge in [-0.3, -0.25) is 0 Å². The Morgan fingerprint density at radius 1 is 1.29 bits per heavy atom. The molecule has 0 aromatic heterocycles. The van der Waals surface area contributed by atoms with Crippen LogP contribution in [0.5, 0.6) is 5.75 Å². The number of para-hydroxylation sites is 1. The van der Waals surface area contributed by atoms with Crippen molar-refractivity contribution in [2.24, 2.45) is 0 Å². The van der Waals surface area contributed by atoms with Gasteiger partial charge < -0.3 is 4.74 Å². The number of benzene rings is 1. The highest BCUT2D eigenvalue weighted by atomic mass is 35.7. The quantitative estimate of drug-likeness (QED) is 0.598. The number of ether oxygens (including phenoxy) is 1. The maximum absolute atomic E-state index is 13.2. The van der Waals surface area contributed by atoms with E-state index in [1.807, 2.05) is 0 Å². The van der Waals surface area contributed by atoms with E-state index >= 15 is 0 Å². The molecule has 0 amide bonds. The summed E-state index contributed by atoms with van der Waals surface area (Å²) in [6.07, 6.45) is 0.814. The van der Waals surface area contributed by atoms with Crippen LogP contribution < -0.4 is 4.74 Å². The van der Waals surface area contributed by atoms with Gasteiger partial charge in [0, 0.05) is 10.7 Å². The Kier molecular flexibility index (Phi) is 5.49. The molecule has 0 saturated carbocycles. The van der Waals surface area contributed by atoms with Gasteiger partial charge in [-0.25, -0.2) is 12.8 Å². The summed E-state index contributed by atoms with van der Waals surface area (Å²) >= 11 is 5.73. The maximum Gasteiger partial charge on any atom is 0.232 e. The van der Waals surface area contributed by atoms with E-state index < -0.39 is 14.9 Å². The molecule has 7 heteroatoms. The molecule has 1 aromatic carbocycles. The third-order valence-corrected chi connectivity index (χ3v) is 3.48. The zero-order valence-electron chi connectivity index (χ0n) is 8.83. The number of hydrogen-bond donors (Lipinski definition) is 0. The zero-order chi connectivity index (χ0) is 12.9. The molecule has 1 aromatic rings. The molecule has 0 saturated heterocycles. The predicted molar refractivity (Wildman–Crippen MR) is 65.8 cm³/mol. The van der Waals surface area contributed by atoms with Crippen LogP contribution >= 0.6 is 22.3 Å². The van der Waals surface area contributed by atoms with Gasteiger partial charge in [-0.1, -0.05) is 17.7 Å². The molecule has 1 rings (SSSR count). The Morgan fingerprint density at radius 2 is 2.00 bits per heavy atom. The molecule has 0 radical (unpaired) electrons. The van der Waals surface area contributed by atoms with E-state index in [-0.39, 0.29) is 23.1 Å². The van der Waals surface area contributed by atoms with Crippen molar-refractivity contribution in [1.82, 2.24) is 0 Å². The molecule has 0 atom stereocenters. The Bertz CT molecular complexity index is 456. The Labute approximate surface area is 109 Å². The summed E-state index contributed by atoms with van der Waals surface area (Å²) in [7, 11) is 1.56. The van der Waals surface area contributed by atoms with Crippen molar-refractivity contribution in [2.45, 2.75) is 12.8 Å². The van der Waals surface area contributed by atoms with E-state index in [1.54, 1.807) is 0 Å². The normalized spacial score (nSPS) is 11.5. The predicted octanol–water partition coefficient (Wildman–Crippen LogP) is 3.21. The van der Waals surface area contributed by atoms with Crippen LogP contribution in [0.3, 0.4) is 0 Å². The van der Waals surface area contributed by atoms with Crippen LogP contribution in [0, 0.1) is 5.82 Å². The van der Waals surface area contributed by atoms with Crippen LogP contribution in [0.25, 0.3) is 0 Å².